The number of hydrogen-bond acceptors (Lipinski definition) is 5. The number of carbonyl (C=O) groups excluding carboxylic acids is 2. The van der Waals surface area contributed by atoms with Crippen LogP contribution in [0.15, 0.2) is 53.5 Å². The summed E-state index contributed by atoms with van der Waals surface area (Å²) in [5.41, 5.74) is 2.81. The first kappa shape index (κ1) is 24.9. The van der Waals surface area contributed by atoms with Gasteiger partial charge >= 0.3 is 0 Å². The number of nitrogens with one attached hydrogen (secondary N) is 1. The smallest absolute Gasteiger partial charge is 0.252 e. The first-order valence-corrected chi connectivity index (χ1v) is 13.2. The molecule has 7 nitrogen and oxygen atoms in total. The van der Waals surface area contributed by atoms with Crippen LogP contribution in [-0.4, -0.2) is 44.8 Å². The molecule has 0 aliphatic carbocycles. The van der Waals surface area contributed by atoms with Gasteiger partial charge in [0.2, 0.25) is 15.9 Å². The van der Waals surface area contributed by atoms with Gasteiger partial charge in [0, 0.05) is 29.1 Å². The van der Waals surface area contributed by atoms with Crippen molar-refractivity contribution in [2.75, 3.05) is 17.7 Å². The third-order valence-corrected chi connectivity index (χ3v) is 6.53. The molecule has 1 aliphatic heterocycles. The molecule has 2 amide bonds. The standard InChI is InChI=1S/C24H28ClN3O4S/c1-4-16(5-2)23-24(30)28(14-13-21(29)27-33(3,31)32)20-12-11-18(25)15-19(20)22(26-23)17-9-7-6-8-10-17/h6-12,15-16,23H,4-5,13-14H2,1-3H3,(H,27,29). The highest BCUT2D eigenvalue weighted by Gasteiger charge is 2.35. The molecule has 1 unspecified atom stereocenters. The van der Waals surface area contributed by atoms with E-state index in [1.54, 1.807) is 18.2 Å². The molecule has 0 spiro atoms. The molecule has 1 N–H and O–H groups in total. The predicted molar refractivity (Wildman–Crippen MR) is 131 cm³/mol. The Morgan fingerprint density at radius 3 is 2.42 bits per heavy atom. The zero-order valence-corrected chi connectivity index (χ0v) is 20.5. The largest absolute Gasteiger partial charge is 0.309 e. The van der Waals surface area contributed by atoms with Gasteiger partial charge in [-0.15, -0.1) is 0 Å². The molecule has 0 radical (unpaired) electrons. The van der Waals surface area contributed by atoms with Gasteiger partial charge in [0.15, 0.2) is 0 Å². The van der Waals surface area contributed by atoms with Crippen molar-refractivity contribution < 1.29 is 18.0 Å². The van der Waals surface area contributed by atoms with Crippen molar-refractivity contribution in [3.63, 3.8) is 0 Å². The minimum Gasteiger partial charge on any atom is -0.309 e. The number of fused-ring (bicyclic) bond motifs is 1. The zero-order chi connectivity index (χ0) is 24.2. The third-order valence-electron chi connectivity index (χ3n) is 5.70. The maximum Gasteiger partial charge on any atom is 0.252 e. The van der Waals surface area contributed by atoms with Gasteiger partial charge in [0.05, 0.1) is 17.7 Å². The zero-order valence-electron chi connectivity index (χ0n) is 18.9. The molecule has 2 aromatic carbocycles. The van der Waals surface area contributed by atoms with Gasteiger partial charge in [-0.2, -0.15) is 0 Å². The van der Waals surface area contributed by atoms with E-state index in [0.717, 1.165) is 24.7 Å². The summed E-state index contributed by atoms with van der Waals surface area (Å²) in [4.78, 5) is 32.5. The fourth-order valence-electron chi connectivity index (χ4n) is 4.05. The number of anilines is 1. The number of aliphatic imine (C=N–C) groups is 1. The van der Waals surface area contributed by atoms with Crippen LogP contribution in [0.25, 0.3) is 0 Å². The molecule has 176 valence electrons. The van der Waals surface area contributed by atoms with Gasteiger partial charge in [0.1, 0.15) is 6.04 Å². The first-order valence-electron chi connectivity index (χ1n) is 10.9. The Labute approximate surface area is 199 Å². The number of nitrogens with zero attached hydrogens (tertiary/aromatic N) is 2. The number of halogens is 1. The van der Waals surface area contributed by atoms with Gasteiger partial charge < -0.3 is 4.90 Å². The Morgan fingerprint density at radius 1 is 1.15 bits per heavy atom. The number of sulfonamides is 1. The lowest BCUT2D eigenvalue weighted by Crippen LogP contribution is -2.43. The second-order valence-electron chi connectivity index (χ2n) is 8.06. The Kier molecular flexibility index (Phi) is 7.92. The van der Waals surface area contributed by atoms with E-state index in [9.17, 15) is 18.0 Å². The summed E-state index contributed by atoms with van der Waals surface area (Å²) < 4.78 is 24.8. The van der Waals surface area contributed by atoms with Crippen LogP contribution in [-0.2, 0) is 19.6 Å². The summed E-state index contributed by atoms with van der Waals surface area (Å²) in [5.74, 6) is -0.882. The van der Waals surface area contributed by atoms with E-state index < -0.39 is 22.0 Å². The second-order valence-corrected chi connectivity index (χ2v) is 10.2. The highest BCUT2D eigenvalue weighted by atomic mass is 35.5. The molecule has 0 fully saturated rings. The number of rotatable bonds is 8. The van der Waals surface area contributed by atoms with E-state index in [0.29, 0.717) is 22.0 Å². The molecule has 0 saturated carbocycles. The lowest BCUT2D eigenvalue weighted by Gasteiger charge is -2.28. The summed E-state index contributed by atoms with van der Waals surface area (Å²) in [7, 11) is -3.68. The van der Waals surface area contributed by atoms with Gasteiger partial charge in [-0.25, -0.2) is 8.42 Å². The molecule has 0 bridgehead atoms. The van der Waals surface area contributed by atoms with Crippen LogP contribution in [0.2, 0.25) is 5.02 Å². The van der Waals surface area contributed by atoms with Crippen molar-refractivity contribution in [1.29, 1.82) is 0 Å². The van der Waals surface area contributed by atoms with E-state index in [1.165, 1.54) is 4.90 Å². The SMILES string of the molecule is CCC(CC)C1N=C(c2ccccc2)c2cc(Cl)ccc2N(CCC(=O)NS(C)(=O)=O)C1=O. The van der Waals surface area contributed by atoms with Crippen molar-refractivity contribution in [2.45, 2.75) is 39.2 Å². The minimum absolute atomic E-state index is 0.00772. The predicted octanol–water partition coefficient (Wildman–Crippen LogP) is 3.79. The molecule has 0 saturated heterocycles. The Balaban J connectivity index is 2.12. The number of amides is 2. The molecule has 1 heterocycles. The van der Waals surface area contributed by atoms with Crippen LogP contribution in [0.4, 0.5) is 5.69 Å². The first-order chi connectivity index (χ1) is 15.6. The number of hydrogen-bond donors (Lipinski definition) is 1. The summed E-state index contributed by atoms with van der Waals surface area (Å²) in [6.45, 7) is 4.07. The van der Waals surface area contributed by atoms with Crippen LogP contribution in [0.3, 0.4) is 0 Å². The van der Waals surface area contributed by atoms with Gasteiger partial charge in [-0.1, -0.05) is 68.6 Å². The van der Waals surface area contributed by atoms with E-state index in [2.05, 4.69) is 0 Å². The number of carbonyl (C=O) groups is 2. The van der Waals surface area contributed by atoms with Crippen LogP contribution in [0.5, 0.6) is 0 Å². The average Bonchev–Trinajstić information content (AvgIpc) is 2.87. The molecule has 0 aromatic heterocycles. The fourth-order valence-corrected chi connectivity index (χ4v) is 4.73. The van der Waals surface area contributed by atoms with Gasteiger partial charge in [-0.3, -0.25) is 19.3 Å². The molecule has 33 heavy (non-hydrogen) atoms. The van der Waals surface area contributed by atoms with E-state index >= 15 is 0 Å². The van der Waals surface area contributed by atoms with Crippen LogP contribution in [0, 0.1) is 5.92 Å². The quantitative estimate of drug-likeness (QED) is 0.610. The Hall–Kier alpha value is -2.71. The fraction of sp³-hybridized carbons (Fsp3) is 0.375. The molecular formula is C24H28ClN3O4S. The summed E-state index contributed by atoms with van der Waals surface area (Å²) in [6, 6.07) is 14.2. The molecule has 9 heteroatoms. The molecular weight excluding hydrogens is 462 g/mol. The van der Waals surface area contributed by atoms with Crippen LogP contribution < -0.4 is 9.62 Å². The maximum absolute atomic E-state index is 13.8. The van der Waals surface area contributed by atoms with Gasteiger partial charge in [-0.05, 0) is 24.1 Å². The van der Waals surface area contributed by atoms with Crippen LogP contribution in [0.1, 0.15) is 44.2 Å². The van der Waals surface area contributed by atoms with Crippen LogP contribution >= 0.6 is 11.6 Å². The molecule has 1 aliphatic rings. The van der Waals surface area contributed by atoms with E-state index in [4.69, 9.17) is 16.6 Å². The van der Waals surface area contributed by atoms with Crippen molar-refractivity contribution >= 4 is 44.8 Å². The molecule has 3 rings (SSSR count). The highest BCUT2D eigenvalue weighted by molar-refractivity contribution is 7.89. The van der Waals surface area contributed by atoms with E-state index in [1.807, 2.05) is 48.9 Å². The summed E-state index contributed by atoms with van der Waals surface area (Å²) in [5, 5.41) is 0.501. The van der Waals surface area contributed by atoms with Crippen molar-refractivity contribution in [3.8, 4) is 0 Å². The Bertz CT molecular complexity index is 1160. The number of benzodiazepines with no additional fused rings is 1. The Morgan fingerprint density at radius 2 is 1.82 bits per heavy atom. The molecule has 2 aromatic rings. The minimum atomic E-state index is -3.68. The van der Waals surface area contributed by atoms with Crippen molar-refractivity contribution in [3.05, 3.63) is 64.7 Å². The normalized spacial score (nSPS) is 16.3. The third kappa shape index (κ3) is 6.00. The van der Waals surface area contributed by atoms with Crippen molar-refractivity contribution in [2.24, 2.45) is 10.9 Å². The summed E-state index contributed by atoms with van der Waals surface area (Å²) in [6.07, 6.45) is 2.27. The lowest BCUT2D eigenvalue weighted by atomic mass is 9.93. The maximum atomic E-state index is 13.8. The monoisotopic (exact) mass is 489 g/mol. The summed E-state index contributed by atoms with van der Waals surface area (Å²) >= 11 is 6.33. The highest BCUT2D eigenvalue weighted by Crippen LogP contribution is 2.33. The van der Waals surface area contributed by atoms with Gasteiger partial charge in [0.25, 0.3) is 5.91 Å². The van der Waals surface area contributed by atoms with E-state index in [-0.39, 0.29) is 24.8 Å². The molecule has 1 atom stereocenters. The lowest BCUT2D eigenvalue weighted by molar-refractivity contribution is -0.121. The topological polar surface area (TPSA) is 95.9 Å². The number of benzene rings is 2. The second kappa shape index (κ2) is 10.5. The average molecular weight is 490 g/mol. The van der Waals surface area contributed by atoms with Crippen molar-refractivity contribution in [1.82, 2.24) is 4.72 Å².